The van der Waals surface area contributed by atoms with Crippen molar-refractivity contribution in [2.24, 2.45) is 0 Å². The molecule has 0 aliphatic rings. The van der Waals surface area contributed by atoms with Crippen LogP contribution in [0.15, 0.2) is 12.1 Å². The number of halogens is 3. The van der Waals surface area contributed by atoms with E-state index in [0.717, 1.165) is 13.0 Å². The summed E-state index contributed by atoms with van der Waals surface area (Å²) in [5, 5.41) is 1.15. The molecule has 0 heterocycles. The Bertz CT molecular complexity index is 501. The first-order chi connectivity index (χ1) is 12.4. The van der Waals surface area contributed by atoms with Crippen molar-refractivity contribution in [3.8, 4) is 5.75 Å². The fourth-order valence-corrected chi connectivity index (χ4v) is 4.77. The number of rotatable bonds is 14. The topological polar surface area (TPSA) is 18.5 Å². The molecule has 0 aliphatic carbocycles. The fourth-order valence-electron chi connectivity index (χ4n) is 2.81. The second kappa shape index (κ2) is 13.3. The molecule has 0 N–H and O–H groups in total. The lowest BCUT2D eigenvalue weighted by molar-refractivity contribution is 0.240. The molecule has 0 aromatic heterocycles. The number of unbranched alkanes of at least 4 members (excludes halogenated alkanes) is 9. The maximum atomic E-state index is 6.05. The van der Waals surface area contributed by atoms with E-state index in [9.17, 15) is 0 Å². The van der Waals surface area contributed by atoms with E-state index >= 15 is 0 Å². The first-order valence-electron chi connectivity index (χ1n) is 9.83. The molecule has 0 unspecified atom stereocenters. The normalized spacial score (nSPS) is 11.8. The van der Waals surface area contributed by atoms with Gasteiger partial charge in [0.2, 0.25) is 0 Å². The molecule has 0 fully saturated rings. The van der Waals surface area contributed by atoms with Crippen molar-refractivity contribution in [3.05, 3.63) is 27.2 Å². The maximum Gasteiger partial charge on any atom is 0.392 e. The molecule has 26 heavy (non-hydrogen) atoms. The van der Waals surface area contributed by atoms with Gasteiger partial charge in [-0.1, -0.05) is 99.5 Å². The third-order valence-corrected chi connectivity index (χ3v) is 7.09. The van der Waals surface area contributed by atoms with Gasteiger partial charge in [0.05, 0.1) is 15.1 Å². The van der Waals surface area contributed by atoms with Crippen molar-refractivity contribution < 1.29 is 8.85 Å². The number of hydrogen-bond acceptors (Lipinski definition) is 2. The van der Waals surface area contributed by atoms with Crippen LogP contribution in [0.25, 0.3) is 0 Å². The number of hydrogen-bond donors (Lipinski definition) is 0. The van der Waals surface area contributed by atoms with Crippen LogP contribution in [0.2, 0.25) is 28.2 Å². The van der Waals surface area contributed by atoms with Crippen LogP contribution < -0.4 is 4.43 Å². The molecule has 0 aliphatic heterocycles. The third-order valence-electron chi connectivity index (χ3n) is 4.27. The van der Waals surface area contributed by atoms with E-state index < -0.39 is 8.56 Å². The maximum absolute atomic E-state index is 6.05. The van der Waals surface area contributed by atoms with E-state index in [0.29, 0.717) is 20.8 Å². The van der Waals surface area contributed by atoms with Gasteiger partial charge in [-0.05, 0) is 31.6 Å². The van der Waals surface area contributed by atoms with Gasteiger partial charge in [-0.2, -0.15) is 0 Å². The summed E-state index contributed by atoms with van der Waals surface area (Å²) in [4.78, 5) is 0. The van der Waals surface area contributed by atoms with Crippen molar-refractivity contribution in [1.29, 1.82) is 0 Å². The molecule has 6 heteroatoms. The van der Waals surface area contributed by atoms with Crippen LogP contribution in [-0.2, 0) is 4.43 Å². The van der Waals surface area contributed by atoms with Crippen molar-refractivity contribution >= 4 is 43.4 Å². The molecule has 0 bridgehead atoms. The van der Waals surface area contributed by atoms with Crippen LogP contribution in [0.5, 0.6) is 5.75 Å². The first-order valence-corrected chi connectivity index (χ1v) is 13.8. The van der Waals surface area contributed by atoms with Gasteiger partial charge in [0.15, 0.2) is 0 Å². The lowest BCUT2D eigenvalue weighted by atomic mass is 10.1. The minimum absolute atomic E-state index is 0.353. The summed E-state index contributed by atoms with van der Waals surface area (Å²) in [7, 11) is -2.26. The summed E-state index contributed by atoms with van der Waals surface area (Å²) in [5.74, 6) is 0.615. The minimum atomic E-state index is -2.26. The van der Waals surface area contributed by atoms with Crippen molar-refractivity contribution in [1.82, 2.24) is 0 Å². The van der Waals surface area contributed by atoms with E-state index in [-0.39, 0.29) is 0 Å². The average Bonchev–Trinajstić information content (AvgIpc) is 2.57. The minimum Gasteiger partial charge on any atom is -0.520 e. The van der Waals surface area contributed by atoms with E-state index in [4.69, 9.17) is 43.7 Å². The second-order valence-electron chi connectivity index (χ2n) is 7.23. The molecule has 0 saturated carbocycles. The van der Waals surface area contributed by atoms with Gasteiger partial charge in [-0.25, -0.2) is 0 Å². The molecule has 150 valence electrons. The van der Waals surface area contributed by atoms with Gasteiger partial charge in [0.1, 0.15) is 5.75 Å². The molecule has 0 atom stereocenters. The van der Waals surface area contributed by atoms with E-state index in [1.807, 2.05) is 13.1 Å². The largest absolute Gasteiger partial charge is 0.520 e. The standard InChI is InChI=1S/C20H33Cl3O2Si/c1-4-5-6-7-8-9-10-11-12-13-14-24-26(2,3)25-17-15-18(21)20(23)19(22)16-17/h15-16H,4-14H2,1-3H3. The SMILES string of the molecule is CCCCCCCCCCCCO[Si](C)(C)Oc1cc(Cl)c(Cl)c(Cl)c1. The summed E-state index contributed by atoms with van der Waals surface area (Å²) in [6, 6.07) is 3.38. The van der Waals surface area contributed by atoms with Gasteiger partial charge in [-0.15, -0.1) is 0 Å². The highest BCUT2D eigenvalue weighted by atomic mass is 35.5. The molecule has 0 radical (unpaired) electrons. The van der Waals surface area contributed by atoms with Crippen LogP contribution >= 0.6 is 34.8 Å². The molecule has 0 spiro atoms. The van der Waals surface area contributed by atoms with E-state index in [2.05, 4.69) is 6.92 Å². The summed E-state index contributed by atoms with van der Waals surface area (Å²) in [6.07, 6.45) is 13.2. The molecule has 0 amide bonds. The Kier molecular flexibility index (Phi) is 12.3. The molecule has 2 nitrogen and oxygen atoms in total. The zero-order chi connectivity index (χ0) is 19.4. The molecular formula is C20H33Cl3O2Si. The van der Waals surface area contributed by atoms with Gasteiger partial charge < -0.3 is 8.85 Å². The lowest BCUT2D eigenvalue weighted by Gasteiger charge is -2.24. The van der Waals surface area contributed by atoms with Crippen LogP contribution in [-0.4, -0.2) is 15.2 Å². The summed E-state index contributed by atoms with van der Waals surface area (Å²) in [6.45, 7) is 7.06. The third kappa shape index (κ3) is 10.4. The van der Waals surface area contributed by atoms with Gasteiger partial charge in [0.25, 0.3) is 0 Å². The van der Waals surface area contributed by atoms with Crippen LogP contribution in [0.1, 0.15) is 71.1 Å². The highest BCUT2D eigenvalue weighted by molar-refractivity contribution is 6.65. The van der Waals surface area contributed by atoms with Crippen molar-refractivity contribution in [2.45, 2.75) is 84.2 Å². The second-order valence-corrected chi connectivity index (χ2v) is 11.7. The quantitative estimate of drug-likeness (QED) is 0.164. The number of benzene rings is 1. The zero-order valence-corrected chi connectivity index (χ0v) is 19.7. The van der Waals surface area contributed by atoms with Crippen molar-refractivity contribution in [2.75, 3.05) is 6.61 Å². The summed E-state index contributed by atoms with van der Waals surface area (Å²) >= 11 is 18.1. The molecule has 1 aromatic carbocycles. The Morgan fingerprint density at radius 3 is 1.73 bits per heavy atom. The zero-order valence-electron chi connectivity index (χ0n) is 16.4. The van der Waals surface area contributed by atoms with E-state index in [1.165, 1.54) is 57.8 Å². The fraction of sp³-hybridized carbons (Fsp3) is 0.700. The van der Waals surface area contributed by atoms with Crippen molar-refractivity contribution in [3.63, 3.8) is 0 Å². The van der Waals surface area contributed by atoms with Crippen LogP contribution in [0, 0.1) is 0 Å². The predicted molar refractivity (Wildman–Crippen MR) is 117 cm³/mol. The Labute approximate surface area is 175 Å². The monoisotopic (exact) mass is 438 g/mol. The van der Waals surface area contributed by atoms with Gasteiger partial charge in [-0.3, -0.25) is 0 Å². The molecular weight excluding hydrogens is 407 g/mol. The first kappa shape index (κ1) is 24.1. The Hall–Kier alpha value is 0.0669. The summed E-state index contributed by atoms with van der Waals surface area (Å²) in [5.41, 5.74) is 0. The summed E-state index contributed by atoms with van der Waals surface area (Å²) < 4.78 is 12.0. The molecule has 1 rings (SSSR count). The molecule has 0 saturated heterocycles. The van der Waals surface area contributed by atoms with Crippen LogP contribution in [0.4, 0.5) is 0 Å². The Morgan fingerprint density at radius 1 is 0.769 bits per heavy atom. The van der Waals surface area contributed by atoms with Gasteiger partial charge >= 0.3 is 8.56 Å². The molecule has 1 aromatic rings. The Morgan fingerprint density at radius 2 is 1.23 bits per heavy atom. The lowest BCUT2D eigenvalue weighted by Crippen LogP contribution is -2.38. The highest BCUT2D eigenvalue weighted by Gasteiger charge is 2.27. The van der Waals surface area contributed by atoms with Gasteiger partial charge in [0, 0.05) is 6.61 Å². The van der Waals surface area contributed by atoms with E-state index in [1.54, 1.807) is 12.1 Å². The van der Waals surface area contributed by atoms with Crippen LogP contribution in [0.3, 0.4) is 0 Å². The average molecular weight is 440 g/mol. The Balaban J connectivity index is 2.14. The highest BCUT2D eigenvalue weighted by Crippen LogP contribution is 2.35. The predicted octanol–water partition coefficient (Wildman–Crippen LogP) is 8.66. The smallest absolute Gasteiger partial charge is 0.392 e.